The lowest BCUT2D eigenvalue weighted by atomic mass is 10.1. The van der Waals surface area contributed by atoms with Crippen molar-refractivity contribution in [2.45, 2.75) is 40.7 Å². The minimum absolute atomic E-state index is 0.0422. The van der Waals surface area contributed by atoms with Crippen LogP contribution in [0.15, 0.2) is 40.9 Å². The third-order valence-corrected chi connectivity index (χ3v) is 5.37. The van der Waals surface area contributed by atoms with E-state index in [4.69, 9.17) is 18.9 Å². The van der Waals surface area contributed by atoms with Crippen LogP contribution < -0.4 is 9.47 Å². The van der Waals surface area contributed by atoms with Crippen molar-refractivity contribution in [1.82, 2.24) is 14.8 Å². The molecule has 0 unspecified atom stereocenters. The first-order valence-electron chi connectivity index (χ1n) is 10.6. The van der Waals surface area contributed by atoms with Gasteiger partial charge in [0.1, 0.15) is 11.5 Å². The quantitative estimate of drug-likeness (QED) is 0.224. The van der Waals surface area contributed by atoms with Crippen molar-refractivity contribution in [3.8, 4) is 22.8 Å². The van der Waals surface area contributed by atoms with E-state index in [0.717, 1.165) is 11.3 Å². The van der Waals surface area contributed by atoms with Crippen LogP contribution in [0.25, 0.3) is 22.3 Å². The zero-order valence-corrected chi connectivity index (χ0v) is 19.4. The number of carbonyl (C=O) groups excluding carboxylic acids is 2. The Morgan fingerprint density at radius 2 is 1.85 bits per heavy atom. The summed E-state index contributed by atoms with van der Waals surface area (Å²) in [6.07, 6.45) is 1.62. The molecular formula is C25H25N3O5. The molecule has 33 heavy (non-hydrogen) atoms. The van der Waals surface area contributed by atoms with E-state index in [0.29, 0.717) is 39.4 Å². The van der Waals surface area contributed by atoms with Crippen LogP contribution in [-0.2, 0) is 0 Å². The maximum atomic E-state index is 13.3. The van der Waals surface area contributed by atoms with Gasteiger partial charge < -0.3 is 13.9 Å². The summed E-state index contributed by atoms with van der Waals surface area (Å²) in [5, 5.41) is 5.01. The summed E-state index contributed by atoms with van der Waals surface area (Å²) in [5.41, 5.74) is 2.74. The number of ether oxygens (including phenoxy) is 2. The van der Waals surface area contributed by atoms with Gasteiger partial charge in [0.2, 0.25) is 0 Å². The lowest BCUT2D eigenvalue weighted by molar-refractivity contribution is 0.0731. The molecule has 0 fully saturated rings. The third-order valence-electron chi connectivity index (χ3n) is 5.37. The predicted molar refractivity (Wildman–Crippen MR) is 123 cm³/mol. The number of benzene rings is 1. The van der Waals surface area contributed by atoms with Crippen LogP contribution in [0.3, 0.4) is 0 Å². The van der Waals surface area contributed by atoms with Gasteiger partial charge in [-0.05, 0) is 65.0 Å². The average molecular weight is 447 g/mol. The van der Waals surface area contributed by atoms with E-state index in [1.54, 1.807) is 35.1 Å². The van der Waals surface area contributed by atoms with E-state index < -0.39 is 5.97 Å². The normalized spacial score (nSPS) is 11.2. The second-order valence-corrected chi connectivity index (χ2v) is 8.11. The fourth-order valence-corrected chi connectivity index (χ4v) is 3.71. The number of rotatable bonds is 6. The van der Waals surface area contributed by atoms with Gasteiger partial charge in [0, 0.05) is 17.2 Å². The number of hydrogen-bond acceptors (Lipinski definition) is 7. The summed E-state index contributed by atoms with van der Waals surface area (Å²) in [6, 6.07) is 8.31. The number of ketones is 1. The number of nitrogens with zero attached hydrogens (tertiary/aromatic N) is 3. The number of esters is 1. The van der Waals surface area contributed by atoms with E-state index >= 15 is 0 Å². The molecule has 4 rings (SSSR count). The van der Waals surface area contributed by atoms with Crippen molar-refractivity contribution in [3.05, 3.63) is 59.2 Å². The number of aryl methyl sites for hydroxylation is 2. The summed E-state index contributed by atoms with van der Waals surface area (Å²) >= 11 is 0. The van der Waals surface area contributed by atoms with Crippen molar-refractivity contribution >= 4 is 22.8 Å². The summed E-state index contributed by atoms with van der Waals surface area (Å²) < 4.78 is 18.5. The van der Waals surface area contributed by atoms with Crippen LogP contribution in [0, 0.1) is 13.8 Å². The van der Waals surface area contributed by atoms with Crippen LogP contribution >= 0.6 is 0 Å². The summed E-state index contributed by atoms with van der Waals surface area (Å²) in [5.74, 6) is 1.26. The Balaban J connectivity index is 1.83. The van der Waals surface area contributed by atoms with Crippen LogP contribution in [0.4, 0.5) is 0 Å². The van der Waals surface area contributed by atoms with Crippen molar-refractivity contribution in [3.63, 3.8) is 0 Å². The van der Waals surface area contributed by atoms with E-state index in [1.165, 1.54) is 14.0 Å². The molecule has 0 aliphatic heterocycles. The molecule has 1 aromatic carbocycles. The largest absolute Gasteiger partial charge is 0.493 e. The van der Waals surface area contributed by atoms with Gasteiger partial charge in [-0.15, -0.1) is 0 Å². The van der Waals surface area contributed by atoms with Gasteiger partial charge in [0.05, 0.1) is 30.0 Å². The van der Waals surface area contributed by atoms with Gasteiger partial charge in [0.25, 0.3) is 0 Å². The zero-order valence-electron chi connectivity index (χ0n) is 19.4. The maximum absolute atomic E-state index is 13.3. The predicted octanol–water partition coefficient (Wildman–Crippen LogP) is 5.32. The standard InChI is InChI=1S/C25H25N3O5/c1-13(2)28-24-20(12-26-28)19(11-21(27-24)18-9-14(3)32-16(18)5)25(30)33-22-8-7-17(15(4)29)10-23(22)31-6/h7-13H,1-6H3. The molecule has 4 aromatic rings. The first kappa shape index (κ1) is 22.3. The lowest BCUT2D eigenvalue weighted by Gasteiger charge is -2.12. The molecular weight excluding hydrogens is 422 g/mol. The minimum atomic E-state index is -0.585. The van der Waals surface area contributed by atoms with Crippen molar-refractivity contribution in [2.75, 3.05) is 7.11 Å². The van der Waals surface area contributed by atoms with E-state index in [2.05, 4.69) is 5.10 Å². The average Bonchev–Trinajstić information content (AvgIpc) is 3.35. The van der Waals surface area contributed by atoms with Gasteiger partial charge in [-0.2, -0.15) is 5.10 Å². The smallest absolute Gasteiger partial charge is 0.344 e. The topological polar surface area (TPSA) is 96.5 Å². The number of hydrogen-bond donors (Lipinski definition) is 0. The second-order valence-electron chi connectivity index (χ2n) is 8.11. The molecule has 0 radical (unpaired) electrons. The minimum Gasteiger partial charge on any atom is -0.493 e. The van der Waals surface area contributed by atoms with E-state index in [1.807, 2.05) is 33.8 Å². The Bertz CT molecular complexity index is 1380. The molecule has 8 nitrogen and oxygen atoms in total. The Labute approximate surface area is 191 Å². The molecule has 0 atom stereocenters. The molecule has 0 bridgehead atoms. The fraction of sp³-hybridized carbons (Fsp3) is 0.280. The highest BCUT2D eigenvalue weighted by Gasteiger charge is 2.22. The first-order valence-corrected chi connectivity index (χ1v) is 10.6. The molecule has 0 saturated heterocycles. The summed E-state index contributed by atoms with van der Waals surface area (Å²) in [6.45, 7) is 9.16. The lowest BCUT2D eigenvalue weighted by Crippen LogP contribution is -2.11. The molecule has 0 saturated carbocycles. The Kier molecular flexibility index (Phi) is 5.76. The zero-order chi connectivity index (χ0) is 23.9. The van der Waals surface area contributed by atoms with Gasteiger partial charge in [-0.3, -0.25) is 4.79 Å². The number of carbonyl (C=O) groups is 2. The van der Waals surface area contributed by atoms with Gasteiger partial charge in [-0.25, -0.2) is 14.5 Å². The molecule has 0 aliphatic carbocycles. The highest BCUT2D eigenvalue weighted by molar-refractivity contribution is 6.05. The highest BCUT2D eigenvalue weighted by Crippen LogP contribution is 2.33. The Morgan fingerprint density at radius 3 is 2.45 bits per heavy atom. The Morgan fingerprint density at radius 1 is 1.09 bits per heavy atom. The number of furan rings is 1. The Hall–Kier alpha value is -3.94. The summed E-state index contributed by atoms with van der Waals surface area (Å²) in [4.78, 5) is 29.8. The maximum Gasteiger partial charge on any atom is 0.344 e. The van der Waals surface area contributed by atoms with Crippen LogP contribution in [-0.4, -0.2) is 33.6 Å². The number of methoxy groups -OCH3 is 1. The molecule has 0 spiro atoms. The van der Waals surface area contributed by atoms with Crippen LogP contribution in [0.2, 0.25) is 0 Å². The SMILES string of the molecule is COc1cc(C(C)=O)ccc1OC(=O)c1cc(-c2cc(C)oc2C)nc2c1cnn2C(C)C. The first-order chi connectivity index (χ1) is 15.7. The number of pyridine rings is 1. The van der Waals surface area contributed by atoms with E-state index in [-0.39, 0.29) is 17.6 Å². The molecule has 170 valence electrons. The van der Waals surface area contributed by atoms with Gasteiger partial charge in [-0.1, -0.05) is 0 Å². The van der Waals surface area contributed by atoms with Gasteiger partial charge in [0.15, 0.2) is 22.9 Å². The summed E-state index contributed by atoms with van der Waals surface area (Å²) in [7, 11) is 1.45. The number of Topliss-reactive ketones (excluding diaryl/α,β-unsaturated/α-hetero) is 1. The number of fused-ring (bicyclic) bond motifs is 1. The fourth-order valence-electron chi connectivity index (χ4n) is 3.71. The highest BCUT2D eigenvalue weighted by atomic mass is 16.6. The second kappa shape index (κ2) is 8.54. The van der Waals surface area contributed by atoms with Crippen molar-refractivity contribution < 1.29 is 23.5 Å². The number of aromatic nitrogens is 3. The monoisotopic (exact) mass is 447 g/mol. The van der Waals surface area contributed by atoms with E-state index in [9.17, 15) is 9.59 Å². The molecule has 0 amide bonds. The molecule has 0 N–H and O–H groups in total. The molecule has 3 aromatic heterocycles. The van der Waals surface area contributed by atoms with Gasteiger partial charge >= 0.3 is 5.97 Å². The molecule has 3 heterocycles. The molecule has 0 aliphatic rings. The van der Waals surface area contributed by atoms with Crippen LogP contribution in [0.5, 0.6) is 11.5 Å². The molecule has 8 heteroatoms. The van der Waals surface area contributed by atoms with Crippen molar-refractivity contribution in [1.29, 1.82) is 0 Å². The van der Waals surface area contributed by atoms with Crippen molar-refractivity contribution in [2.24, 2.45) is 0 Å². The van der Waals surface area contributed by atoms with Crippen LogP contribution in [0.1, 0.15) is 59.0 Å². The third kappa shape index (κ3) is 4.11.